The van der Waals surface area contributed by atoms with E-state index in [1.54, 1.807) is 6.07 Å². The van der Waals surface area contributed by atoms with Crippen LogP contribution in [-0.2, 0) is 17.6 Å². The first kappa shape index (κ1) is 18.8. The van der Waals surface area contributed by atoms with Crippen molar-refractivity contribution in [2.24, 2.45) is 5.73 Å². The quantitative estimate of drug-likeness (QED) is 0.628. The maximum absolute atomic E-state index is 12.8. The van der Waals surface area contributed by atoms with Crippen LogP contribution in [0.5, 0.6) is 0 Å². The maximum Gasteiger partial charge on any atom is 0.255 e. The fraction of sp³-hybridized carbons (Fsp3) is 0.174. The fourth-order valence-corrected chi connectivity index (χ4v) is 3.46. The Bertz CT molecular complexity index is 1040. The number of carbonyl (C=O) groups excluding carboxylic acids is 2. The molecule has 1 atom stereocenters. The van der Waals surface area contributed by atoms with E-state index in [1.165, 1.54) is 0 Å². The third-order valence-electron chi connectivity index (χ3n) is 4.93. The van der Waals surface area contributed by atoms with Crippen LogP contribution in [0, 0.1) is 0 Å². The molecule has 0 unspecified atom stereocenters. The van der Waals surface area contributed by atoms with Crippen molar-refractivity contribution in [3.63, 3.8) is 0 Å². The lowest BCUT2D eigenvalue weighted by atomic mass is 10.0. The van der Waals surface area contributed by atoms with E-state index in [9.17, 15) is 9.59 Å². The molecule has 2 amide bonds. The van der Waals surface area contributed by atoms with Gasteiger partial charge in [0.1, 0.15) is 0 Å². The molecule has 6 heteroatoms. The fourth-order valence-electron chi connectivity index (χ4n) is 3.46. The molecule has 1 aliphatic heterocycles. The topological polar surface area (TPSA) is 97.1 Å². The molecule has 2 aromatic carbocycles. The van der Waals surface area contributed by atoms with Gasteiger partial charge >= 0.3 is 0 Å². The molecule has 3 aromatic rings. The Morgan fingerprint density at radius 1 is 1.10 bits per heavy atom. The summed E-state index contributed by atoms with van der Waals surface area (Å²) >= 11 is 0. The van der Waals surface area contributed by atoms with Crippen LogP contribution in [0.4, 0.5) is 5.69 Å². The smallest absolute Gasteiger partial charge is 0.255 e. The van der Waals surface area contributed by atoms with Crippen molar-refractivity contribution in [2.45, 2.75) is 18.9 Å². The van der Waals surface area contributed by atoms with Crippen LogP contribution in [0.3, 0.4) is 0 Å². The van der Waals surface area contributed by atoms with Crippen LogP contribution in [0.2, 0.25) is 0 Å². The van der Waals surface area contributed by atoms with Crippen LogP contribution >= 0.6 is 0 Å². The molecule has 0 saturated heterocycles. The van der Waals surface area contributed by atoms with E-state index in [1.807, 2.05) is 60.7 Å². The van der Waals surface area contributed by atoms with Crippen molar-refractivity contribution in [2.75, 3.05) is 11.9 Å². The van der Waals surface area contributed by atoms with Crippen LogP contribution in [0.15, 0.2) is 66.7 Å². The van der Waals surface area contributed by atoms with Crippen LogP contribution in [0.1, 0.15) is 21.6 Å². The van der Waals surface area contributed by atoms with Crippen molar-refractivity contribution in [1.29, 1.82) is 0 Å². The number of amides is 2. The molecule has 6 nitrogen and oxygen atoms in total. The number of nitrogens with zero attached hydrogens (tertiary/aromatic N) is 1. The van der Waals surface area contributed by atoms with Gasteiger partial charge in [0.25, 0.3) is 5.91 Å². The highest BCUT2D eigenvalue weighted by Crippen LogP contribution is 2.28. The zero-order chi connectivity index (χ0) is 20.2. The predicted octanol–water partition coefficient (Wildman–Crippen LogP) is 2.54. The van der Waals surface area contributed by atoms with Crippen molar-refractivity contribution in [3.05, 3.63) is 83.6 Å². The van der Waals surface area contributed by atoms with Gasteiger partial charge in [-0.05, 0) is 18.1 Å². The number of hydrogen-bond donors (Lipinski definition) is 3. The van der Waals surface area contributed by atoms with Crippen molar-refractivity contribution >= 4 is 17.5 Å². The van der Waals surface area contributed by atoms with E-state index in [2.05, 4.69) is 15.6 Å². The van der Waals surface area contributed by atoms with Gasteiger partial charge in [0, 0.05) is 18.5 Å². The van der Waals surface area contributed by atoms with E-state index in [0.717, 1.165) is 11.1 Å². The van der Waals surface area contributed by atoms with Gasteiger partial charge in [-0.2, -0.15) is 0 Å². The third kappa shape index (κ3) is 4.17. The molecule has 29 heavy (non-hydrogen) atoms. The van der Waals surface area contributed by atoms with Crippen molar-refractivity contribution in [1.82, 2.24) is 10.3 Å². The first-order valence-electron chi connectivity index (χ1n) is 9.60. The SMILES string of the molecule is N[C@@H](Cc1ccccc1)C(=O)Nc1cc(-c2ccccc2)nc2c1C(=O)NCC2. The summed E-state index contributed by atoms with van der Waals surface area (Å²) < 4.78 is 0. The number of nitrogens with one attached hydrogen (secondary N) is 2. The van der Waals surface area contributed by atoms with Crippen LogP contribution in [-0.4, -0.2) is 29.4 Å². The number of pyridine rings is 1. The zero-order valence-corrected chi connectivity index (χ0v) is 15.9. The molecule has 0 radical (unpaired) electrons. The summed E-state index contributed by atoms with van der Waals surface area (Å²) in [4.78, 5) is 29.9. The molecule has 0 spiro atoms. The van der Waals surface area contributed by atoms with Crippen molar-refractivity contribution < 1.29 is 9.59 Å². The Kier molecular flexibility index (Phi) is 5.35. The van der Waals surface area contributed by atoms with Gasteiger partial charge in [0.05, 0.1) is 28.7 Å². The highest BCUT2D eigenvalue weighted by molar-refractivity contribution is 6.06. The number of fused-ring (bicyclic) bond motifs is 1. The van der Waals surface area contributed by atoms with Crippen LogP contribution in [0.25, 0.3) is 11.3 Å². The number of hydrogen-bond acceptors (Lipinski definition) is 4. The first-order valence-corrected chi connectivity index (χ1v) is 9.60. The summed E-state index contributed by atoms with van der Waals surface area (Å²) in [5.74, 6) is -0.565. The Balaban J connectivity index is 1.64. The molecular weight excluding hydrogens is 364 g/mol. The lowest BCUT2D eigenvalue weighted by Gasteiger charge is -2.21. The minimum atomic E-state index is -0.729. The van der Waals surface area contributed by atoms with Gasteiger partial charge < -0.3 is 16.4 Å². The highest BCUT2D eigenvalue weighted by atomic mass is 16.2. The minimum absolute atomic E-state index is 0.231. The summed E-state index contributed by atoms with van der Waals surface area (Å²) in [6.07, 6.45) is 1.03. The minimum Gasteiger partial charge on any atom is -0.352 e. The second-order valence-corrected chi connectivity index (χ2v) is 7.03. The van der Waals surface area contributed by atoms with Gasteiger partial charge in [-0.25, -0.2) is 0 Å². The monoisotopic (exact) mass is 386 g/mol. The molecule has 146 valence electrons. The normalized spacial score (nSPS) is 13.9. The second kappa shape index (κ2) is 8.24. The number of aromatic nitrogens is 1. The molecule has 4 rings (SSSR count). The molecule has 2 heterocycles. The number of rotatable bonds is 5. The van der Waals surface area contributed by atoms with E-state index in [-0.39, 0.29) is 11.8 Å². The molecule has 1 aromatic heterocycles. The van der Waals surface area contributed by atoms with Crippen molar-refractivity contribution in [3.8, 4) is 11.3 Å². The summed E-state index contributed by atoms with van der Waals surface area (Å²) in [6.45, 7) is 0.526. The highest BCUT2D eigenvalue weighted by Gasteiger charge is 2.25. The number of nitrogens with two attached hydrogens (primary N) is 1. The Hall–Kier alpha value is -3.51. The third-order valence-corrected chi connectivity index (χ3v) is 4.93. The molecule has 1 aliphatic rings. The summed E-state index contributed by atoms with van der Waals surface area (Å²) in [5.41, 5.74) is 10.3. The molecule has 4 N–H and O–H groups in total. The summed E-state index contributed by atoms with van der Waals surface area (Å²) in [5, 5.41) is 5.68. The van der Waals surface area contributed by atoms with E-state index >= 15 is 0 Å². The van der Waals surface area contributed by atoms with Gasteiger partial charge in [-0.15, -0.1) is 0 Å². The van der Waals surface area contributed by atoms with E-state index in [4.69, 9.17) is 5.73 Å². The van der Waals surface area contributed by atoms with Gasteiger partial charge in [-0.1, -0.05) is 60.7 Å². The van der Waals surface area contributed by atoms with Gasteiger partial charge in [-0.3, -0.25) is 14.6 Å². The average molecular weight is 386 g/mol. The van der Waals surface area contributed by atoms with Crippen LogP contribution < -0.4 is 16.4 Å². The Morgan fingerprint density at radius 3 is 2.52 bits per heavy atom. The average Bonchev–Trinajstić information content (AvgIpc) is 2.75. The molecule has 0 fully saturated rings. The number of benzene rings is 2. The molecule has 0 aliphatic carbocycles. The first-order chi connectivity index (χ1) is 14.1. The zero-order valence-electron chi connectivity index (χ0n) is 15.9. The lowest BCUT2D eigenvalue weighted by Crippen LogP contribution is -2.39. The number of anilines is 1. The lowest BCUT2D eigenvalue weighted by molar-refractivity contribution is -0.117. The molecule has 0 bridgehead atoms. The predicted molar refractivity (Wildman–Crippen MR) is 112 cm³/mol. The molecular formula is C23H22N4O2. The maximum atomic E-state index is 12.8. The summed E-state index contributed by atoms with van der Waals surface area (Å²) in [7, 11) is 0. The van der Waals surface area contributed by atoms with Gasteiger partial charge in [0.2, 0.25) is 5.91 Å². The van der Waals surface area contributed by atoms with E-state index in [0.29, 0.717) is 42.0 Å². The number of carbonyl (C=O) groups is 2. The Labute approximate surface area is 169 Å². The standard InChI is InChI=1S/C23H22N4O2/c24-17(13-15-7-3-1-4-8-15)22(28)27-20-14-19(16-9-5-2-6-10-16)26-18-11-12-25-23(29)21(18)20/h1-10,14,17H,11-13,24H2,(H,25,29)(H,26,27,28)/t17-/m0/s1. The molecule has 0 saturated carbocycles. The second-order valence-electron chi connectivity index (χ2n) is 7.03. The Morgan fingerprint density at radius 2 is 1.79 bits per heavy atom. The largest absolute Gasteiger partial charge is 0.352 e. The van der Waals surface area contributed by atoms with Gasteiger partial charge in [0.15, 0.2) is 0 Å². The summed E-state index contributed by atoms with van der Waals surface area (Å²) in [6, 6.07) is 20.3. The van der Waals surface area contributed by atoms with E-state index < -0.39 is 6.04 Å².